The fourth-order valence-corrected chi connectivity index (χ4v) is 2.37. The second-order valence-corrected chi connectivity index (χ2v) is 4.48. The number of H-pyrrole nitrogens is 1. The highest BCUT2D eigenvalue weighted by molar-refractivity contribution is 9.10. The second-order valence-electron chi connectivity index (χ2n) is 3.69. The van der Waals surface area contributed by atoms with Crippen molar-refractivity contribution >= 4 is 27.5 Å². The molecule has 0 fully saturated rings. The number of nitrogens with zero attached hydrogens (tertiary/aromatic N) is 1. The Bertz CT molecular complexity index is 625. The van der Waals surface area contributed by atoms with Gasteiger partial charge in [-0.3, -0.25) is 9.89 Å². The van der Waals surface area contributed by atoms with Crippen molar-refractivity contribution in [2.75, 3.05) is 20.0 Å². The van der Waals surface area contributed by atoms with Gasteiger partial charge in [-0.1, -0.05) is 0 Å². The number of aromatic nitrogens is 2. The number of benzene rings is 1. The Morgan fingerprint density at radius 2 is 2.05 bits per heavy atom. The summed E-state index contributed by atoms with van der Waals surface area (Å²) in [5, 5.41) is 6.26. The maximum atomic E-state index is 12.4. The lowest BCUT2D eigenvalue weighted by molar-refractivity contribution is 0.103. The standard InChI is InChI=1S/C12H12BrN3O3/c1-18-8-4-3-6(11(19-2)9(8)13)10(17)7-5-15-16-12(7)14/h3-5H,1-2H3,(H3,14,15,16). The summed E-state index contributed by atoms with van der Waals surface area (Å²) in [6, 6.07) is 3.30. The lowest BCUT2D eigenvalue weighted by atomic mass is 10.0. The van der Waals surface area contributed by atoms with Crippen molar-refractivity contribution in [1.29, 1.82) is 0 Å². The van der Waals surface area contributed by atoms with E-state index in [1.165, 1.54) is 20.4 Å². The molecule has 6 nitrogen and oxygen atoms in total. The molecule has 0 saturated carbocycles. The summed E-state index contributed by atoms with van der Waals surface area (Å²) in [6.45, 7) is 0. The van der Waals surface area contributed by atoms with E-state index in [9.17, 15) is 4.79 Å². The van der Waals surface area contributed by atoms with E-state index in [1.54, 1.807) is 12.1 Å². The van der Waals surface area contributed by atoms with Gasteiger partial charge in [0.05, 0.1) is 31.5 Å². The Morgan fingerprint density at radius 3 is 2.58 bits per heavy atom. The van der Waals surface area contributed by atoms with E-state index in [-0.39, 0.29) is 11.6 Å². The van der Waals surface area contributed by atoms with Gasteiger partial charge in [-0.15, -0.1) is 0 Å². The molecule has 0 aliphatic rings. The van der Waals surface area contributed by atoms with E-state index >= 15 is 0 Å². The topological polar surface area (TPSA) is 90.2 Å². The molecule has 19 heavy (non-hydrogen) atoms. The molecule has 2 rings (SSSR count). The quantitative estimate of drug-likeness (QED) is 0.839. The highest BCUT2D eigenvalue weighted by Gasteiger charge is 2.21. The number of nitrogens with two attached hydrogens (primary N) is 1. The fourth-order valence-electron chi connectivity index (χ4n) is 1.70. The summed E-state index contributed by atoms with van der Waals surface area (Å²) in [6.07, 6.45) is 1.38. The fraction of sp³-hybridized carbons (Fsp3) is 0.167. The van der Waals surface area contributed by atoms with Crippen LogP contribution >= 0.6 is 15.9 Å². The normalized spacial score (nSPS) is 10.3. The van der Waals surface area contributed by atoms with E-state index in [0.717, 1.165) is 0 Å². The molecule has 0 amide bonds. The zero-order valence-electron chi connectivity index (χ0n) is 10.4. The number of halogens is 1. The molecular weight excluding hydrogens is 314 g/mol. The third-order valence-electron chi connectivity index (χ3n) is 2.64. The van der Waals surface area contributed by atoms with Crippen molar-refractivity contribution in [3.05, 3.63) is 33.9 Å². The molecule has 1 aromatic carbocycles. The first-order valence-electron chi connectivity index (χ1n) is 5.34. The van der Waals surface area contributed by atoms with Gasteiger partial charge in [0.15, 0.2) is 0 Å². The van der Waals surface area contributed by atoms with Gasteiger partial charge in [-0.2, -0.15) is 5.10 Å². The summed E-state index contributed by atoms with van der Waals surface area (Å²) in [5.74, 6) is 0.920. The molecule has 0 spiro atoms. The summed E-state index contributed by atoms with van der Waals surface area (Å²) < 4.78 is 11.0. The molecular formula is C12H12BrN3O3. The molecule has 100 valence electrons. The zero-order chi connectivity index (χ0) is 14.0. The van der Waals surface area contributed by atoms with Crippen LogP contribution in [0.4, 0.5) is 5.82 Å². The summed E-state index contributed by atoms with van der Waals surface area (Å²) in [5.41, 5.74) is 6.33. The van der Waals surface area contributed by atoms with Crippen molar-refractivity contribution < 1.29 is 14.3 Å². The van der Waals surface area contributed by atoms with Crippen LogP contribution in [0.5, 0.6) is 11.5 Å². The largest absolute Gasteiger partial charge is 0.495 e. The van der Waals surface area contributed by atoms with E-state index in [2.05, 4.69) is 26.1 Å². The molecule has 0 radical (unpaired) electrons. The molecule has 1 aromatic heterocycles. The number of ether oxygens (including phenoxy) is 2. The number of methoxy groups -OCH3 is 2. The van der Waals surface area contributed by atoms with E-state index in [0.29, 0.717) is 27.1 Å². The molecule has 1 heterocycles. The molecule has 0 saturated heterocycles. The highest BCUT2D eigenvalue weighted by atomic mass is 79.9. The van der Waals surface area contributed by atoms with E-state index < -0.39 is 0 Å². The Morgan fingerprint density at radius 1 is 1.32 bits per heavy atom. The third kappa shape index (κ3) is 2.28. The number of carbonyl (C=O) groups excluding carboxylic acids is 1. The van der Waals surface area contributed by atoms with Crippen LogP contribution in [-0.2, 0) is 0 Å². The smallest absolute Gasteiger partial charge is 0.202 e. The SMILES string of the molecule is COc1ccc(C(=O)c2cn[nH]c2N)c(OC)c1Br. The van der Waals surface area contributed by atoms with E-state index in [4.69, 9.17) is 15.2 Å². The van der Waals surface area contributed by atoms with Crippen LogP contribution in [0.3, 0.4) is 0 Å². The first-order valence-corrected chi connectivity index (χ1v) is 6.13. The van der Waals surface area contributed by atoms with Gasteiger partial charge in [0.1, 0.15) is 21.8 Å². The molecule has 0 unspecified atom stereocenters. The summed E-state index contributed by atoms with van der Waals surface area (Å²) >= 11 is 3.35. The maximum absolute atomic E-state index is 12.4. The number of rotatable bonds is 4. The minimum absolute atomic E-state index is 0.221. The van der Waals surface area contributed by atoms with Crippen LogP contribution in [0.15, 0.2) is 22.8 Å². The maximum Gasteiger partial charge on any atom is 0.202 e. The average molecular weight is 326 g/mol. The van der Waals surface area contributed by atoms with Crippen molar-refractivity contribution in [3.63, 3.8) is 0 Å². The second kappa shape index (κ2) is 5.31. The van der Waals surface area contributed by atoms with Crippen LogP contribution in [0.2, 0.25) is 0 Å². The van der Waals surface area contributed by atoms with Crippen molar-refractivity contribution in [3.8, 4) is 11.5 Å². The van der Waals surface area contributed by atoms with Crippen LogP contribution in [-0.4, -0.2) is 30.2 Å². The molecule has 0 bridgehead atoms. The van der Waals surface area contributed by atoms with Crippen molar-refractivity contribution in [2.24, 2.45) is 0 Å². The van der Waals surface area contributed by atoms with Crippen molar-refractivity contribution in [2.45, 2.75) is 0 Å². The number of nitrogen functional groups attached to an aromatic ring is 1. The van der Waals surface area contributed by atoms with Gasteiger partial charge in [0, 0.05) is 0 Å². The first-order chi connectivity index (χ1) is 9.10. The van der Waals surface area contributed by atoms with Gasteiger partial charge >= 0.3 is 0 Å². The molecule has 0 atom stereocenters. The van der Waals surface area contributed by atoms with Crippen molar-refractivity contribution in [1.82, 2.24) is 10.2 Å². The van der Waals surface area contributed by atoms with Gasteiger partial charge in [-0.25, -0.2) is 0 Å². The van der Waals surface area contributed by atoms with Gasteiger partial charge in [-0.05, 0) is 28.1 Å². The number of hydrogen-bond donors (Lipinski definition) is 2. The number of ketones is 1. The minimum atomic E-state index is -0.272. The van der Waals surface area contributed by atoms with Crippen LogP contribution < -0.4 is 15.2 Å². The first kappa shape index (κ1) is 13.4. The number of anilines is 1. The molecule has 2 aromatic rings. The van der Waals surface area contributed by atoms with Crippen LogP contribution in [0.1, 0.15) is 15.9 Å². The monoisotopic (exact) mass is 325 g/mol. The average Bonchev–Trinajstić information content (AvgIpc) is 2.83. The Hall–Kier alpha value is -2.02. The van der Waals surface area contributed by atoms with Gasteiger partial charge in [0.2, 0.25) is 5.78 Å². The number of aromatic amines is 1. The summed E-state index contributed by atoms with van der Waals surface area (Å²) in [4.78, 5) is 12.4. The molecule has 0 aliphatic heterocycles. The highest BCUT2D eigenvalue weighted by Crippen LogP contribution is 2.38. The Balaban J connectivity index is 2.54. The number of nitrogens with one attached hydrogen (secondary N) is 1. The lowest BCUT2D eigenvalue weighted by Gasteiger charge is -2.12. The predicted octanol–water partition coefficient (Wildman–Crippen LogP) is 2.00. The third-order valence-corrected chi connectivity index (χ3v) is 3.39. The predicted molar refractivity (Wildman–Crippen MR) is 73.7 cm³/mol. The lowest BCUT2D eigenvalue weighted by Crippen LogP contribution is -2.06. The molecule has 0 aliphatic carbocycles. The number of hydrogen-bond acceptors (Lipinski definition) is 5. The van der Waals surface area contributed by atoms with Crippen LogP contribution in [0.25, 0.3) is 0 Å². The van der Waals surface area contributed by atoms with E-state index in [1.807, 2.05) is 0 Å². The van der Waals surface area contributed by atoms with Gasteiger partial charge < -0.3 is 15.2 Å². The Kier molecular flexibility index (Phi) is 3.75. The summed E-state index contributed by atoms with van der Waals surface area (Å²) in [7, 11) is 3.02. The van der Waals surface area contributed by atoms with Crippen LogP contribution in [0, 0.1) is 0 Å². The Labute approximate surface area is 118 Å². The van der Waals surface area contributed by atoms with Gasteiger partial charge in [0.25, 0.3) is 0 Å². The minimum Gasteiger partial charge on any atom is -0.495 e. The molecule has 3 N–H and O–H groups in total. The number of carbonyl (C=O) groups is 1. The zero-order valence-corrected chi connectivity index (χ0v) is 11.9. The molecule has 7 heteroatoms.